The number of carbonyl (C=O) groups is 12. The lowest BCUT2D eigenvalue weighted by atomic mass is 9.69. The van der Waals surface area contributed by atoms with Crippen LogP contribution in [0.5, 0.6) is 0 Å². The Hall–Kier alpha value is -4.44. The average molecular weight is 1440 g/mol. The van der Waals surface area contributed by atoms with E-state index in [0.717, 1.165) is 12.8 Å². The number of Topliss-reactive ketones (excluding diaryl/α,β-unsaturated/α-hetero) is 10. The molecule has 0 fully saturated rings. The fraction of sp³-hybridized carbons (Fsp3) is 0.860. The molecule has 0 rings (SSSR count). The molecule has 0 saturated heterocycles. The van der Waals surface area contributed by atoms with Gasteiger partial charge in [0.25, 0.3) is 0 Å². The summed E-state index contributed by atoms with van der Waals surface area (Å²) in [5.74, 6) is -4.33. The van der Waals surface area contributed by atoms with E-state index in [1.807, 2.05) is 208 Å². The second kappa shape index (κ2) is 44.0. The van der Waals surface area contributed by atoms with Gasteiger partial charge in [-0.05, 0) is 142 Å². The molecule has 16 heteroatoms. The molecule has 0 bridgehead atoms. The summed E-state index contributed by atoms with van der Waals surface area (Å²) in [5, 5.41) is 12.8. The van der Waals surface area contributed by atoms with Gasteiger partial charge in [-0.15, -0.1) is 0 Å². The van der Waals surface area contributed by atoms with Crippen molar-refractivity contribution >= 4 is 69.6 Å². The van der Waals surface area contributed by atoms with E-state index in [2.05, 4.69) is 21.3 Å². The van der Waals surface area contributed by atoms with Gasteiger partial charge in [-0.3, -0.25) is 57.5 Å². The highest BCUT2D eigenvalue weighted by molar-refractivity contribution is 6.02. The summed E-state index contributed by atoms with van der Waals surface area (Å²) in [6.07, 6.45) is 11.3. The number of ketones is 10. The van der Waals surface area contributed by atoms with Crippen LogP contribution in [0.15, 0.2) is 0 Å². The van der Waals surface area contributed by atoms with Gasteiger partial charge in [0.1, 0.15) is 34.7 Å². The van der Waals surface area contributed by atoms with Crippen LogP contribution in [0.2, 0.25) is 0 Å². The monoisotopic (exact) mass is 1440 g/mol. The summed E-state index contributed by atoms with van der Waals surface area (Å²) in [7, 11) is 0. The van der Waals surface area contributed by atoms with Gasteiger partial charge in [0.05, 0.1) is 30.1 Å². The second-order valence-corrected chi connectivity index (χ2v) is 33.4. The molecule has 0 aliphatic heterocycles. The van der Waals surface area contributed by atoms with Crippen molar-refractivity contribution in [3.05, 3.63) is 0 Å². The quantitative estimate of drug-likeness (QED) is 0.0442. The van der Waals surface area contributed by atoms with Gasteiger partial charge in [0.2, 0.25) is 11.8 Å². The Morgan fingerprint density at radius 3 is 0.706 bits per heavy atom. The van der Waals surface area contributed by atoms with Crippen molar-refractivity contribution in [2.24, 2.45) is 55.2 Å². The molecule has 0 radical (unpaired) electrons. The van der Waals surface area contributed by atoms with Gasteiger partial charge in [0, 0.05) is 112 Å². The van der Waals surface area contributed by atoms with Crippen LogP contribution < -0.4 is 21.3 Å². The van der Waals surface area contributed by atoms with E-state index in [1.54, 1.807) is 0 Å². The van der Waals surface area contributed by atoms with Crippen molar-refractivity contribution in [1.82, 2.24) is 21.3 Å². The molecular formula is C86H156N4O12. The van der Waals surface area contributed by atoms with Crippen LogP contribution in [0, 0.1) is 55.2 Å². The maximum atomic E-state index is 14.4. The molecule has 0 aliphatic carbocycles. The molecular weight excluding hydrogens is 1280 g/mol. The van der Waals surface area contributed by atoms with Crippen molar-refractivity contribution in [2.45, 2.75) is 423 Å². The van der Waals surface area contributed by atoms with Gasteiger partial charge in [-0.1, -0.05) is 194 Å². The maximum Gasteiger partial charge on any atom is 0.224 e. The van der Waals surface area contributed by atoms with Crippen molar-refractivity contribution in [3.8, 4) is 0 Å². The number of hydrogen-bond donors (Lipinski definition) is 4. The van der Waals surface area contributed by atoms with Crippen molar-refractivity contribution in [2.75, 3.05) is 0 Å². The molecule has 0 saturated carbocycles. The van der Waals surface area contributed by atoms with Gasteiger partial charge in [0.15, 0.2) is 23.1 Å². The lowest BCUT2D eigenvalue weighted by Crippen LogP contribution is -2.55. The zero-order chi connectivity index (χ0) is 80.0. The number of hydrogen-bond acceptors (Lipinski definition) is 14. The Bertz CT molecular complexity index is 2700. The minimum absolute atomic E-state index is 0.00740. The second-order valence-electron chi connectivity index (χ2n) is 33.4. The highest BCUT2D eigenvalue weighted by atomic mass is 16.2. The first-order valence-corrected chi connectivity index (χ1v) is 40.6. The van der Waals surface area contributed by atoms with Crippen LogP contribution >= 0.6 is 0 Å². The summed E-state index contributed by atoms with van der Waals surface area (Å²) in [6.45, 7) is 58.6. The summed E-state index contributed by atoms with van der Waals surface area (Å²) in [5.41, 5.74) is -6.16. The van der Waals surface area contributed by atoms with Crippen LogP contribution in [-0.2, 0) is 57.5 Å². The standard InChI is InChI=1S/2C43H78N2O6/c1-16-39(11,17-2)34(47)27-30(37(50)41(13,20-5)21-6)26-33(46)31(45-43(15,24-9)25-10)29-36(49)44-32(38(51)42(14,22-7)23-8)28-35(48)40(12,18-3)19-4;1-16-39(11,17-2)34(47)27-30(26-33(46)31(45-43(15,24-9)25-10)28-35(48)40(12,18-3)19-4)38(51)44-32(37(50)42(14,22-7)23-8)29-36(49)41(13,20-5)21-6/h30-32,45H,16-29H2,1-15H3,(H,44,49);30-32,45H,16-29H2,1-15H3,(H,44,51). The number of carbonyl (C=O) groups excluding carboxylic acids is 12. The van der Waals surface area contributed by atoms with E-state index in [9.17, 15) is 57.5 Å². The zero-order valence-corrected chi connectivity index (χ0v) is 71.2. The molecule has 0 heterocycles. The van der Waals surface area contributed by atoms with E-state index in [4.69, 9.17) is 0 Å². The predicted octanol–water partition coefficient (Wildman–Crippen LogP) is 18.7. The lowest BCUT2D eigenvalue weighted by molar-refractivity contribution is -0.141. The highest BCUT2D eigenvalue weighted by Gasteiger charge is 2.46. The fourth-order valence-electron chi connectivity index (χ4n) is 13.3. The third-order valence-corrected chi connectivity index (χ3v) is 27.9. The first-order valence-electron chi connectivity index (χ1n) is 40.6. The van der Waals surface area contributed by atoms with E-state index in [1.165, 1.54) is 0 Å². The largest absolute Gasteiger partial charge is 0.346 e. The molecule has 6 unspecified atom stereocenters. The summed E-state index contributed by atoms with van der Waals surface area (Å²) < 4.78 is 0. The Morgan fingerprint density at radius 1 is 0.225 bits per heavy atom. The predicted molar refractivity (Wildman–Crippen MR) is 419 cm³/mol. The van der Waals surface area contributed by atoms with E-state index >= 15 is 0 Å². The van der Waals surface area contributed by atoms with Crippen LogP contribution in [0.3, 0.4) is 0 Å². The maximum absolute atomic E-state index is 14.4. The molecule has 6 atom stereocenters. The van der Waals surface area contributed by atoms with E-state index < -0.39 is 102 Å². The van der Waals surface area contributed by atoms with Crippen LogP contribution in [0.1, 0.15) is 387 Å². The van der Waals surface area contributed by atoms with Gasteiger partial charge >= 0.3 is 0 Å². The molecule has 0 aromatic heterocycles. The summed E-state index contributed by atoms with van der Waals surface area (Å²) in [6, 6.07) is -3.90. The molecule has 592 valence electrons. The van der Waals surface area contributed by atoms with Gasteiger partial charge in [-0.2, -0.15) is 0 Å². The fourth-order valence-corrected chi connectivity index (χ4v) is 13.3. The molecule has 0 aromatic carbocycles. The Morgan fingerprint density at radius 2 is 0.441 bits per heavy atom. The summed E-state index contributed by atoms with van der Waals surface area (Å²) in [4.78, 5) is 168. The first kappa shape index (κ1) is 99.6. The van der Waals surface area contributed by atoms with Crippen LogP contribution in [-0.4, -0.2) is 105 Å². The SMILES string of the molecule is CCC(C)(CC)NC(CC(=O)C(C)(CC)CC)C(=O)CC(CC(=O)C(C)(CC)CC)C(=O)NC(CC(=O)C(C)(CC)CC)C(=O)C(C)(CC)CC.CCC(C)(CC)NC(CC(=O)NC(CC(=O)C(C)(CC)CC)C(=O)C(C)(CC)CC)C(=O)CC(CC(=O)C(C)(CC)CC)C(=O)C(C)(CC)CC. The number of amides is 2. The Balaban J connectivity index is 0. The average Bonchev–Trinajstić information content (AvgIpc) is 0.820. The van der Waals surface area contributed by atoms with Gasteiger partial charge in [-0.25, -0.2) is 0 Å². The topological polar surface area (TPSA) is 253 Å². The molecule has 2 amide bonds. The highest BCUT2D eigenvalue weighted by Crippen LogP contribution is 2.40. The minimum Gasteiger partial charge on any atom is -0.346 e. The smallest absolute Gasteiger partial charge is 0.224 e. The number of rotatable bonds is 56. The molecule has 4 N–H and O–H groups in total. The molecule has 16 nitrogen and oxygen atoms in total. The lowest BCUT2D eigenvalue weighted by Gasteiger charge is -2.36. The molecule has 0 aromatic rings. The van der Waals surface area contributed by atoms with Crippen LogP contribution in [0.25, 0.3) is 0 Å². The van der Waals surface area contributed by atoms with Crippen molar-refractivity contribution < 1.29 is 57.5 Å². The Labute approximate surface area is 623 Å². The zero-order valence-electron chi connectivity index (χ0n) is 71.2. The Kier molecular flexibility index (Phi) is 43.0. The summed E-state index contributed by atoms with van der Waals surface area (Å²) >= 11 is 0. The van der Waals surface area contributed by atoms with Gasteiger partial charge < -0.3 is 21.3 Å². The third kappa shape index (κ3) is 27.1. The first-order chi connectivity index (χ1) is 47.1. The minimum atomic E-state index is -1.09. The molecule has 0 spiro atoms. The van der Waals surface area contributed by atoms with Crippen molar-refractivity contribution in [1.29, 1.82) is 0 Å². The van der Waals surface area contributed by atoms with Crippen molar-refractivity contribution in [3.63, 3.8) is 0 Å². The normalized spacial score (nSPS) is 14.8. The molecule has 102 heavy (non-hydrogen) atoms. The van der Waals surface area contributed by atoms with E-state index in [0.29, 0.717) is 116 Å². The third-order valence-electron chi connectivity index (χ3n) is 27.9. The van der Waals surface area contributed by atoms with Crippen LogP contribution in [0.4, 0.5) is 0 Å². The number of nitrogens with one attached hydrogen (secondary N) is 4. The van der Waals surface area contributed by atoms with E-state index in [-0.39, 0.29) is 109 Å². The molecule has 0 aliphatic rings.